The van der Waals surface area contributed by atoms with Crippen molar-refractivity contribution in [3.05, 3.63) is 53.9 Å². The van der Waals surface area contributed by atoms with Crippen LogP contribution in [0.3, 0.4) is 0 Å². The number of nitrogen functional groups attached to an aromatic ring is 1. The molecule has 1 heterocycles. The Morgan fingerprint density at radius 3 is 2.59 bits per heavy atom. The van der Waals surface area contributed by atoms with Gasteiger partial charge in [0.2, 0.25) is 0 Å². The molecule has 0 aliphatic heterocycles. The minimum absolute atomic E-state index is 0.164. The minimum Gasteiger partial charge on any atom is -0.496 e. The highest BCUT2D eigenvalue weighted by Crippen LogP contribution is 2.26. The van der Waals surface area contributed by atoms with Crippen LogP contribution in [0, 0.1) is 0 Å². The van der Waals surface area contributed by atoms with Gasteiger partial charge in [-0.3, -0.25) is 9.78 Å². The molecule has 2 aromatic rings. The Labute approximate surface area is 99.1 Å². The number of carbonyl (C=O) groups excluding carboxylic acids is 1. The quantitative estimate of drug-likeness (QED) is 0.643. The maximum absolute atomic E-state index is 12.3. The summed E-state index contributed by atoms with van der Waals surface area (Å²) in [5.74, 6) is 0.314. The lowest BCUT2D eigenvalue weighted by atomic mass is 10.0. The third-order valence-corrected chi connectivity index (χ3v) is 2.45. The number of nitrogens with zero attached hydrogens (tertiary/aromatic N) is 1. The maximum atomic E-state index is 12.3. The lowest BCUT2D eigenvalue weighted by Crippen LogP contribution is -2.07. The molecule has 0 amide bonds. The average molecular weight is 228 g/mol. The van der Waals surface area contributed by atoms with E-state index in [0.29, 0.717) is 22.6 Å². The van der Waals surface area contributed by atoms with Crippen molar-refractivity contribution < 1.29 is 9.53 Å². The fourth-order valence-electron chi connectivity index (χ4n) is 1.61. The predicted molar refractivity (Wildman–Crippen MR) is 65.1 cm³/mol. The monoisotopic (exact) mass is 228 g/mol. The van der Waals surface area contributed by atoms with Crippen molar-refractivity contribution in [1.82, 2.24) is 4.98 Å². The first-order chi connectivity index (χ1) is 8.24. The number of pyridine rings is 1. The fraction of sp³-hybridized carbons (Fsp3) is 0.0769. The van der Waals surface area contributed by atoms with Crippen LogP contribution in [0.2, 0.25) is 0 Å². The van der Waals surface area contributed by atoms with Crippen molar-refractivity contribution in [2.24, 2.45) is 0 Å². The van der Waals surface area contributed by atoms with E-state index in [-0.39, 0.29) is 5.78 Å². The van der Waals surface area contributed by atoms with E-state index in [2.05, 4.69) is 4.98 Å². The molecule has 0 radical (unpaired) electrons. The molecule has 0 aliphatic carbocycles. The van der Waals surface area contributed by atoms with Crippen molar-refractivity contribution >= 4 is 11.5 Å². The molecule has 2 rings (SSSR count). The molecule has 1 aromatic carbocycles. The van der Waals surface area contributed by atoms with Gasteiger partial charge in [0.05, 0.1) is 12.7 Å². The SMILES string of the molecule is COc1cccc(N)c1C(=O)c1ccncc1. The van der Waals surface area contributed by atoms with Gasteiger partial charge in [-0.15, -0.1) is 0 Å². The average Bonchev–Trinajstić information content (AvgIpc) is 2.38. The minimum atomic E-state index is -0.164. The zero-order valence-corrected chi connectivity index (χ0v) is 9.38. The van der Waals surface area contributed by atoms with Gasteiger partial charge in [-0.25, -0.2) is 0 Å². The van der Waals surface area contributed by atoms with Gasteiger partial charge in [-0.05, 0) is 24.3 Å². The topological polar surface area (TPSA) is 65.2 Å². The van der Waals surface area contributed by atoms with Crippen molar-refractivity contribution in [2.75, 3.05) is 12.8 Å². The molecule has 0 aliphatic rings. The number of aromatic nitrogens is 1. The summed E-state index contributed by atoms with van der Waals surface area (Å²) >= 11 is 0. The fourth-order valence-corrected chi connectivity index (χ4v) is 1.61. The zero-order chi connectivity index (χ0) is 12.3. The van der Waals surface area contributed by atoms with Crippen LogP contribution in [-0.4, -0.2) is 17.9 Å². The van der Waals surface area contributed by atoms with Crippen LogP contribution in [0.15, 0.2) is 42.7 Å². The lowest BCUT2D eigenvalue weighted by Gasteiger charge is -2.09. The first-order valence-corrected chi connectivity index (χ1v) is 5.11. The van der Waals surface area contributed by atoms with Crippen LogP contribution in [-0.2, 0) is 0 Å². The molecular formula is C13H12N2O2. The summed E-state index contributed by atoms with van der Waals surface area (Å²) in [5.41, 5.74) is 7.16. The van der Waals surface area contributed by atoms with Crippen LogP contribution < -0.4 is 10.5 Å². The van der Waals surface area contributed by atoms with Crippen LogP contribution in [0.1, 0.15) is 15.9 Å². The van der Waals surface area contributed by atoms with E-state index in [0.717, 1.165) is 0 Å². The molecule has 2 N–H and O–H groups in total. The van der Waals surface area contributed by atoms with Gasteiger partial charge in [0.25, 0.3) is 0 Å². The molecule has 0 saturated carbocycles. The maximum Gasteiger partial charge on any atom is 0.198 e. The van der Waals surface area contributed by atoms with Gasteiger partial charge in [0, 0.05) is 23.6 Å². The lowest BCUT2D eigenvalue weighted by molar-refractivity contribution is 0.103. The summed E-state index contributed by atoms with van der Waals surface area (Å²) < 4.78 is 5.15. The predicted octanol–water partition coefficient (Wildman–Crippen LogP) is 1.90. The second-order valence-electron chi connectivity index (χ2n) is 3.49. The second kappa shape index (κ2) is 4.65. The summed E-state index contributed by atoms with van der Waals surface area (Å²) in [6.07, 6.45) is 3.14. The highest BCUT2D eigenvalue weighted by Gasteiger charge is 2.17. The van der Waals surface area contributed by atoms with E-state index in [1.54, 1.807) is 42.7 Å². The van der Waals surface area contributed by atoms with Gasteiger partial charge in [0.1, 0.15) is 5.75 Å². The summed E-state index contributed by atoms with van der Waals surface area (Å²) in [4.78, 5) is 16.1. The molecule has 86 valence electrons. The molecule has 0 atom stereocenters. The summed E-state index contributed by atoms with van der Waals surface area (Å²) in [6.45, 7) is 0. The van der Waals surface area contributed by atoms with Crippen molar-refractivity contribution in [3.63, 3.8) is 0 Å². The molecule has 0 fully saturated rings. The van der Waals surface area contributed by atoms with Crippen molar-refractivity contribution in [2.45, 2.75) is 0 Å². The number of carbonyl (C=O) groups is 1. The second-order valence-corrected chi connectivity index (χ2v) is 3.49. The van der Waals surface area contributed by atoms with Crippen molar-refractivity contribution in [3.8, 4) is 5.75 Å². The number of anilines is 1. The molecule has 1 aromatic heterocycles. The Kier molecular flexibility index (Phi) is 3.05. The van der Waals surface area contributed by atoms with E-state index in [9.17, 15) is 4.79 Å². The molecular weight excluding hydrogens is 216 g/mol. The van der Waals surface area contributed by atoms with Crippen LogP contribution in [0.25, 0.3) is 0 Å². The number of ether oxygens (including phenoxy) is 1. The Morgan fingerprint density at radius 1 is 1.24 bits per heavy atom. The normalized spacial score (nSPS) is 9.94. The summed E-state index contributed by atoms with van der Waals surface area (Å²) in [6, 6.07) is 8.43. The molecule has 0 unspecified atom stereocenters. The van der Waals surface area contributed by atoms with Crippen LogP contribution in [0.5, 0.6) is 5.75 Å². The zero-order valence-electron chi connectivity index (χ0n) is 9.38. The van der Waals surface area contributed by atoms with E-state index < -0.39 is 0 Å². The van der Waals surface area contributed by atoms with Crippen LogP contribution >= 0.6 is 0 Å². The molecule has 0 spiro atoms. The first kappa shape index (κ1) is 11.1. The summed E-state index contributed by atoms with van der Waals surface area (Å²) in [5, 5.41) is 0. The van der Waals surface area contributed by atoms with Gasteiger partial charge < -0.3 is 10.5 Å². The molecule has 4 nitrogen and oxygen atoms in total. The van der Waals surface area contributed by atoms with E-state index in [1.807, 2.05) is 0 Å². The Hall–Kier alpha value is -2.36. The number of nitrogens with two attached hydrogens (primary N) is 1. The Bertz CT molecular complexity index is 538. The number of hydrogen-bond acceptors (Lipinski definition) is 4. The molecule has 4 heteroatoms. The third-order valence-electron chi connectivity index (χ3n) is 2.45. The Morgan fingerprint density at radius 2 is 1.94 bits per heavy atom. The number of ketones is 1. The molecule has 0 saturated heterocycles. The highest BCUT2D eigenvalue weighted by molar-refractivity contribution is 6.13. The Balaban J connectivity index is 2.51. The van der Waals surface area contributed by atoms with Gasteiger partial charge >= 0.3 is 0 Å². The highest BCUT2D eigenvalue weighted by atomic mass is 16.5. The van der Waals surface area contributed by atoms with Crippen molar-refractivity contribution in [1.29, 1.82) is 0 Å². The number of hydrogen-bond donors (Lipinski definition) is 1. The smallest absolute Gasteiger partial charge is 0.198 e. The van der Waals surface area contributed by atoms with E-state index >= 15 is 0 Å². The number of methoxy groups -OCH3 is 1. The number of benzene rings is 1. The standard InChI is InChI=1S/C13H12N2O2/c1-17-11-4-2-3-10(14)12(11)13(16)9-5-7-15-8-6-9/h2-8H,14H2,1H3. The number of rotatable bonds is 3. The van der Waals surface area contributed by atoms with Gasteiger partial charge in [-0.1, -0.05) is 6.07 Å². The van der Waals surface area contributed by atoms with Gasteiger partial charge in [0.15, 0.2) is 5.78 Å². The third kappa shape index (κ3) is 2.10. The first-order valence-electron chi connectivity index (χ1n) is 5.11. The molecule has 17 heavy (non-hydrogen) atoms. The van der Waals surface area contributed by atoms with E-state index in [1.165, 1.54) is 7.11 Å². The molecule has 0 bridgehead atoms. The van der Waals surface area contributed by atoms with Gasteiger partial charge in [-0.2, -0.15) is 0 Å². The summed E-state index contributed by atoms with van der Waals surface area (Å²) in [7, 11) is 1.51. The largest absolute Gasteiger partial charge is 0.496 e. The van der Waals surface area contributed by atoms with Crippen LogP contribution in [0.4, 0.5) is 5.69 Å². The van der Waals surface area contributed by atoms with E-state index in [4.69, 9.17) is 10.5 Å².